The van der Waals surface area contributed by atoms with Crippen LogP contribution in [0.3, 0.4) is 0 Å². The number of piperidine rings is 1. The van der Waals surface area contributed by atoms with Gasteiger partial charge in [0.05, 0.1) is 12.1 Å². The Hall–Kier alpha value is -2.68. The fourth-order valence-electron chi connectivity index (χ4n) is 3.47. The number of carbonyl (C=O) groups excluding carboxylic acids is 1. The largest absolute Gasteiger partial charge is 0.339 e. The van der Waals surface area contributed by atoms with Gasteiger partial charge in [0.1, 0.15) is 11.5 Å². The summed E-state index contributed by atoms with van der Waals surface area (Å²) in [6.45, 7) is 2.96. The molecule has 9 heteroatoms. The number of amides is 1. The molecule has 1 unspecified atom stereocenters. The fraction of sp³-hybridized carbons (Fsp3) is 0.368. The fourth-order valence-corrected chi connectivity index (χ4v) is 4.02. The SMILES string of the molecule is CSc1ncc(C(=O)N2CCCC(c3nc(C)no3)C2)n1-c1ccc(F)cc1. The van der Waals surface area contributed by atoms with Gasteiger partial charge < -0.3 is 9.42 Å². The highest BCUT2D eigenvalue weighted by molar-refractivity contribution is 7.98. The first kappa shape index (κ1) is 18.7. The molecule has 0 aliphatic carbocycles. The van der Waals surface area contributed by atoms with Gasteiger partial charge in [-0.15, -0.1) is 0 Å². The van der Waals surface area contributed by atoms with Crippen LogP contribution in [0.2, 0.25) is 0 Å². The first-order valence-corrected chi connectivity index (χ1v) is 10.3. The summed E-state index contributed by atoms with van der Waals surface area (Å²) in [6.07, 6.45) is 5.24. The molecular formula is C19H20FN5O2S. The molecule has 0 radical (unpaired) electrons. The molecule has 1 amide bonds. The minimum absolute atomic E-state index is 0.0288. The molecule has 7 nitrogen and oxygen atoms in total. The van der Waals surface area contributed by atoms with Gasteiger partial charge in [-0.1, -0.05) is 16.9 Å². The summed E-state index contributed by atoms with van der Waals surface area (Å²) in [5, 5.41) is 4.53. The number of imidazole rings is 1. The molecule has 1 aromatic carbocycles. The maximum absolute atomic E-state index is 13.3. The van der Waals surface area contributed by atoms with Gasteiger partial charge in [-0.25, -0.2) is 9.37 Å². The van der Waals surface area contributed by atoms with E-state index in [2.05, 4.69) is 15.1 Å². The van der Waals surface area contributed by atoms with Crippen LogP contribution in [0.4, 0.5) is 4.39 Å². The maximum Gasteiger partial charge on any atom is 0.272 e. The van der Waals surface area contributed by atoms with E-state index in [0.717, 1.165) is 12.8 Å². The van der Waals surface area contributed by atoms with Gasteiger partial charge in [-0.05, 0) is 50.3 Å². The quantitative estimate of drug-likeness (QED) is 0.623. The second-order valence-electron chi connectivity index (χ2n) is 6.71. The minimum atomic E-state index is -0.323. The minimum Gasteiger partial charge on any atom is -0.339 e. The molecule has 0 spiro atoms. The molecule has 4 rings (SSSR count). The van der Waals surface area contributed by atoms with Gasteiger partial charge >= 0.3 is 0 Å². The molecule has 1 saturated heterocycles. The Balaban J connectivity index is 1.63. The second-order valence-corrected chi connectivity index (χ2v) is 7.49. The van der Waals surface area contributed by atoms with Crippen LogP contribution in [-0.2, 0) is 0 Å². The lowest BCUT2D eigenvalue weighted by Crippen LogP contribution is -2.40. The Morgan fingerprint density at radius 1 is 1.32 bits per heavy atom. The number of aryl methyl sites for hydroxylation is 1. The topological polar surface area (TPSA) is 77.1 Å². The van der Waals surface area contributed by atoms with Crippen LogP contribution in [0.5, 0.6) is 0 Å². The van der Waals surface area contributed by atoms with Gasteiger partial charge in [-0.2, -0.15) is 4.98 Å². The number of aromatic nitrogens is 4. The third kappa shape index (κ3) is 3.54. The third-order valence-electron chi connectivity index (χ3n) is 4.82. The molecule has 2 aromatic heterocycles. The van der Waals surface area contributed by atoms with Crippen molar-refractivity contribution >= 4 is 17.7 Å². The smallest absolute Gasteiger partial charge is 0.272 e. The number of rotatable bonds is 4. The van der Waals surface area contributed by atoms with Gasteiger partial charge in [0.15, 0.2) is 11.0 Å². The lowest BCUT2D eigenvalue weighted by Gasteiger charge is -2.31. The van der Waals surface area contributed by atoms with E-state index in [-0.39, 0.29) is 17.6 Å². The van der Waals surface area contributed by atoms with Crippen LogP contribution >= 0.6 is 11.8 Å². The first-order valence-electron chi connectivity index (χ1n) is 9.04. The van der Waals surface area contributed by atoms with Crippen molar-refractivity contribution in [1.29, 1.82) is 0 Å². The van der Waals surface area contributed by atoms with Gasteiger partial charge in [-0.3, -0.25) is 9.36 Å². The molecule has 1 aliphatic rings. The molecule has 146 valence electrons. The van der Waals surface area contributed by atoms with E-state index in [1.165, 1.54) is 23.9 Å². The van der Waals surface area contributed by atoms with Crippen molar-refractivity contribution in [3.63, 3.8) is 0 Å². The van der Waals surface area contributed by atoms with Crippen LogP contribution < -0.4 is 0 Å². The average molecular weight is 401 g/mol. The molecule has 3 heterocycles. The predicted octanol–water partition coefficient (Wildman–Crippen LogP) is 3.44. The van der Waals surface area contributed by atoms with Crippen molar-refractivity contribution in [3.05, 3.63) is 53.7 Å². The predicted molar refractivity (Wildman–Crippen MR) is 102 cm³/mol. The van der Waals surface area contributed by atoms with E-state index in [4.69, 9.17) is 4.52 Å². The number of benzene rings is 1. The van der Waals surface area contributed by atoms with Crippen molar-refractivity contribution in [3.8, 4) is 5.69 Å². The number of hydrogen-bond acceptors (Lipinski definition) is 6. The van der Waals surface area contributed by atoms with E-state index in [1.807, 2.05) is 6.26 Å². The summed E-state index contributed by atoms with van der Waals surface area (Å²) in [5.74, 6) is 0.764. The molecule has 1 atom stereocenters. The monoisotopic (exact) mass is 401 g/mol. The summed E-state index contributed by atoms with van der Waals surface area (Å²) in [5.41, 5.74) is 1.16. The zero-order valence-corrected chi connectivity index (χ0v) is 16.4. The zero-order valence-electron chi connectivity index (χ0n) is 15.6. The van der Waals surface area contributed by atoms with E-state index in [0.29, 0.717) is 41.3 Å². The first-order chi connectivity index (χ1) is 13.6. The van der Waals surface area contributed by atoms with E-state index >= 15 is 0 Å². The summed E-state index contributed by atoms with van der Waals surface area (Å²) in [7, 11) is 0. The molecule has 3 aromatic rings. The molecule has 28 heavy (non-hydrogen) atoms. The molecule has 0 bridgehead atoms. The Kier molecular flexibility index (Phi) is 5.17. The highest BCUT2D eigenvalue weighted by Gasteiger charge is 2.31. The van der Waals surface area contributed by atoms with Crippen LogP contribution in [0.1, 0.15) is 41.0 Å². The van der Waals surface area contributed by atoms with Crippen LogP contribution in [0, 0.1) is 12.7 Å². The zero-order chi connectivity index (χ0) is 19.7. The highest BCUT2D eigenvalue weighted by atomic mass is 32.2. The molecular weight excluding hydrogens is 381 g/mol. The summed E-state index contributed by atoms with van der Waals surface area (Å²) >= 11 is 1.43. The summed E-state index contributed by atoms with van der Waals surface area (Å²) in [4.78, 5) is 23.8. The molecule has 1 aliphatic heterocycles. The standard InChI is InChI=1S/C19H20FN5O2S/c1-12-22-17(27-23-12)13-4-3-9-24(11-13)18(26)16-10-21-19(28-2)25(16)15-7-5-14(20)6-8-15/h5-8,10,13H,3-4,9,11H2,1-2H3. The Bertz CT molecular complexity index is 985. The lowest BCUT2D eigenvalue weighted by molar-refractivity contribution is 0.0687. The maximum atomic E-state index is 13.3. The summed E-state index contributed by atoms with van der Waals surface area (Å²) < 4.78 is 20.4. The van der Waals surface area contributed by atoms with Crippen molar-refractivity contribution in [2.24, 2.45) is 0 Å². The summed E-state index contributed by atoms with van der Waals surface area (Å²) in [6, 6.07) is 6.05. The van der Waals surface area contributed by atoms with E-state index in [1.54, 1.807) is 34.7 Å². The van der Waals surface area contributed by atoms with Crippen LogP contribution in [-0.4, -0.2) is 49.8 Å². The number of nitrogens with zero attached hydrogens (tertiary/aromatic N) is 5. The van der Waals surface area contributed by atoms with Gasteiger partial charge in [0, 0.05) is 18.8 Å². The Morgan fingerprint density at radius 2 is 2.11 bits per heavy atom. The molecule has 1 fully saturated rings. The normalized spacial score (nSPS) is 17.1. The number of thioether (sulfide) groups is 1. The van der Waals surface area contributed by atoms with Crippen molar-refractivity contribution in [1.82, 2.24) is 24.6 Å². The van der Waals surface area contributed by atoms with Crippen molar-refractivity contribution < 1.29 is 13.7 Å². The molecule has 0 saturated carbocycles. The Morgan fingerprint density at radius 3 is 2.79 bits per heavy atom. The number of carbonyl (C=O) groups is 1. The number of hydrogen-bond donors (Lipinski definition) is 0. The third-order valence-corrected chi connectivity index (χ3v) is 5.47. The number of likely N-dealkylation sites (tertiary alicyclic amines) is 1. The van der Waals surface area contributed by atoms with Gasteiger partial charge in [0.2, 0.25) is 5.89 Å². The van der Waals surface area contributed by atoms with Crippen LogP contribution in [0.15, 0.2) is 40.1 Å². The highest BCUT2D eigenvalue weighted by Crippen LogP contribution is 2.28. The second kappa shape index (κ2) is 7.75. The van der Waals surface area contributed by atoms with E-state index < -0.39 is 0 Å². The molecule has 0 N–H and O–H groups in total. The van der Waals surface area contributed by atoms with Crippen LogP contribution in [0.25, 0.3) is 5.69 Å². The van der Waals surface area contributed by atoms with E-state index in [9.17, 15) is 9.18 Å². The van der Waals surface area contributed by atoms with Gasteiger partial charge in [0.25, 0.3) is 5.91 Å². The number of halogens is 1. The Labute approximate surface area is 165 Å². The average Bonchev–Trinajstić information content (AvgIpc) is 3.34. The van der Waals surface area contributed by atoms with Crippen molar-refractivity contribution in [2.75, 3.05) is 19.3 Å². The lowest BCUT2D eigenvalue weighted by atomic mass is 9.97. The van der Waals surface area contributed by atoms with Crippen molar-refractivity contribution in [2.45, 2.75) is 30.8 Å².